The molecule has 116 valence electrons. The SMILES string of the molecule is CCCNC(=O)CNC(=O)c1cc(NN)nc(C(C)C)c1. The molecule has 1 heterocycles. The Morgan fingerprint density at radius 1 is 1.29 bits per heavy atom. The van der Waals surface area contributed by atoms with Crippen LogP contribution in [0.1, 0.15) is 49.2 Å². The molecular weight excluding hydrogens is 270 g/mol. The largest absolute Gasteiger partial charge is 0.355 e. The van der Waals surface area contributed by atoms with Crippen molar-refractivity contribution in [2.45, 2.75) is 33.1 Å². The van der Waals surface area contributed by atoms with Gasteiger partial charge in [-0.05, 0) is 24.5 Å². The molecule has 7 heteroatoms. The zero-order valence-corrected chi connectivity index (χ0v) is 12.7. The molecule has 0 aliphatic heterocycles. The van der Waals surface area contributed by atoms with Crippen molar-refractivity contribution in [2.75, 3.05) is 18.5 Å². The van der Waals surface area contributed by atoms with E-state index in [1.54, 1.807) is 12.1 Å². The second kappa shape index (κ2) is 8.21. The second-order valence-electron chi connectivity index (χ2n) is 5.00. The molecule has 1 aromatic rings. The lowest BCUT2D eigenvalue weighted by Crippen LogP contribution is -2.37. The van der Waals surface area contributed by atoms with Gasteiger partial charge in [0.15, 0.2) is 0 Å². The van der Waals surface area contributed by atoms with Crippen LogP contribution < -0.4 is 21.9 Å². The van der Waals surface area contributed by atoms with Gasteiger partial charge in [-0.15, -0.1) is 0 Å². The number of aromatic nitrogens is 1. The first-order chi connectivity index (χ1) is 9.97. The number of anilines is 1. The number of hydrogen-bond acceptors (Lipinski definition) is 5. The molecule has 0 fully saturated rings. The fraction of sp³-hybridized carbons (Fsp3) is 0.500. The van der Waals surface area contributed by atoms with Crippen LogP contribution in [0, 0.1) is 0 Å². The minimum Gasteiger partial charge on any atom is -0.355 e. The Labute approximate surface area is 124 Å². The van der Waals surface area contributed by atoms with E-state index < -0.39 is 0 Å². The summed E-state index contributed by atoms with van der Waals surface area (Å²) in [5.41, 5.74) is 3.62. The summed E-state index contributed by atoms with van der Waals surface area (Å²) in [7, 11) is 0. The summed E-state index contributed by atoms with van der Waals surface area (Å²) in [6.07, 6.45) is 0.854. The predicted molar refractivity (Wildman–Crippen MR) is 81.8 cm³/mol. The number of rotatable bonds is 7. The predicted octanol–water partition coefficient (Wildman–Crippen LogP) is 0.747. The normalized spacial score (nSPS) is 10.3. The molecule has 0 spiro atoms. The van der Waals surface area contributed by atoms with Crippen molar-refractivity contribution in [1.29, 1.82) is 0 Å². The Hall–Kier alpha value is -2.15. The van der Waals surface area contributed by atoms with Crippen LogP contribution >= 0.6 is 0 Å². The van der Waals surface area contributed by atoms with Gasteiger partial charge >= 0.3 is 0 Å². The summed E-state index contributed by atoms with van der Waals surface area (Å²) in [5.74, 6) is 5.40. The maximum atomic E-state index is 12.1. The molecule has 0 bridgehead atoms. The van der Waals surface area contributed by atoms with Crippen LogP contribution in [0.2, 0.25) is 0 Å². The summed E-state index contributed by atoms with van der Waals surface area (Å²) >= 11 is 0. The van der Waals surface area contributed by atoms with Crippen LogP contribution in [0.3, 0.4) is 0 Å². The topological polar surface area (TPSA) is 109 Å². The third kappa shape index (κ3) is 5.39. The zero-order chi connectivity index (χ0) is 15.8. The number of hydrogen-bond donors (Lipinski definition) is 4. The van der Waals surface area contributed by atoms with Crippen LogP contribution in [-0.4, -0.2) is 29.9 Å². The lowest BCUT2D eigenvalue weighted by atomic mass is 10.1. The van der Waals surface area contributed by atoms with Crippen LogP contribution in [0.15, 0.2) is 12.1 Å². The van der Waals surface area contributed by atoms with E-state index in [1.807, 2.05) is 20.8 Å². The molecule has 1 rings (SSSR count). The van der Waals surface area contributed by atoms with Crippen molar-refractivity contribution in [3.05, 3.63) is 23.4 Å². The highest BCUT2D eigenvalue weighted by Gasteiger charge is 2.12. The third-order valence-electron chi connectivity index (χ3n) is 2.83. The Bertz CT molecular complexity index is 502. The minimum absolute atomic E-state index is 0.0520. The maximum Gasteiger partial charge on any atom is 0.251 e. The highest BCUT2D eigenvalue weighted by Crippen LogP contribution is 2.17. The van der Waals surface area contributed by atoms with Crippen molar-refractivity contribution >= 4 is 17.6 Å². The van der Waals surface area contributed by atoms with Crippen molar-refractivity contribution in [3.8, 4) is 0 Å². The van der Waals surface area contributed by atoms with E-state index >= 15 is 0 Å². The van der Waals surface area contributed by atoms with Gasteiger partial charge < -0.3 is 16.1 Å². The second-order valence-corrected chi connectivity index (χ2v) is 5.00. The molecule has 0 aromatic carbocycles. The van der Waals surface area contributed by atoms with E-state index in [0.29, 0.717) is 17.9 Å². The van der Waals surface area contributed by atoms with Gasteiger partial charge in [0.05, 0.1) is 6.54 Å². The number of nitrogens with two attached hydrogens (primary N) is 1. The maximum absolute atomic E-state index is 12.1. The molecule has 0 unspecified atom stereocenters. The molecule has 0 aliphatic carbocycles. The van der Waals surface area contributed by atoms with E-state index in [1.165, 1.54) is 0 Å². The molecule has 0 radical (unpaired) electrons. The highest BCUT2D eigenvalue weighted by atomic mass is 16.2. The van der Waals surface area contributed by atoms with Crippen molar-refractivity contribution in [1.82, 2.24) is 15.6 Å². The van der Waals surface area contributed by atoms with E-state index in [0.717, 1.165) is 12.1 Å². The first kappa shape index (κ1) is 16.9. The summed E-state index contributed by atoms with van der Waals surface area (Å²) in [5, 5.41) is 5.27. The van der Waals surface area contributed by atoms with Crippen LogP contribution in [0.5, 0.6) is 0 Å². The first-order valence-electron chi connectivity index (χ1n) is 7.01. The van der Waals surface area contributed by atoms with Crippen LogP contribution in [-0.2, 0) is 4.79 Å². The molecular formula is C14H23N5O2. The summed E-state index contributed by atoms with van der Waals surface area (Å²) in [6, 6.07) is 3.25. The third-order valence-corrected chi connectivity index (χ3v) is 2.83. The summed E-state index contributed by atoms with van der Waals surface area (Å²) < 4.78 is 0. The number of hydrazine groups is 1. The molecule has 7 nitrogen and oxygen atoms in total. The number of carbonyl (C=O) groups excluding carboxylic acids is 2. The lowest BCUT2D eigenvalue weighted by molar-refractivity contribution is -0.120. The summed E-state index contributed by atoms with van der Waals surface area (Å²) in [6.45, 7) is 6.46. The van der Waals surface area contributed by atoms with Gasteiger partial charge in [-0.1, -0.05) is 20.8 Å². The van der Waals surface area contributed by atoms with Gasteiger partial charge in [0.25, 0.3) is 5.91 Å². The lowest BCUT2D eigenvalue weighted by Gasteiger charge is -2.11. The van der Waals surface area contributed by atoms with Crippen molar-refractivity contribution < 1.29 is 9.59 Å². The Morgan fingerprint density at radius 2 is 2.00 bits per heavy atom. The number of pyridine rings is 1. The van der Waals surface area contributed by atoms with E-state index in [9.17, 15) is 9.59 Å². The fourth-order valence-electron chi connectivity index (χ4n) is 1.64. The van der Waals surface area contributed by atoms with Crippen molar-refractivity contribution in [3.63, 3.8) is 0 Å². The molecule has 21 heavy (non-hydrogen) atoms. The molecule has 1 aromatic heterocycles. The average Bonchev–Trinajstić information content (AvgIpc) is 2.49. The monoisotopic (exact) mass is 293 g/mol. The van der Waals surface area contributed by atoms with E-state index in [4.69, 9.17) is 5.84 Å². The van der Waals surface area contributed by atoms with Gasteiger partial charge in [0.1, 0.15) is 5.82 Å². The molecule has 0 aliphatic rings. The van der Waals surface area contributed by atoms with Crippen LogP contribution in [0.4, 0.5) is 5.82 Å². The Morgan fingerprint density at radius 3 is 2.57 bits per heavy atom. The highest BCUT2D eigenvalue weighted by molar-refractivity contribution is 5.97. The quantitative estimate of drug-likeness (QED) is 0.438. The number of nitrogens with zero attached hydrogens (tertiary/aromatic N) is 1. The zero-order valence-electron chi connectivity index (χ0n) is 12.7. The number of nitrogens with one attached hydrogen (secondary N) is 3. The van der Waals surface area contributed by atoms with Gasteiger partial charge in [-0.2, -0.15) is 0 Å². The van der Waals surface area contributed by atoms with E-state index in [-0.39, 0.29) is 24.3 Å². The fourth-order valence-corrected chi connectivity index (χ4v) is 1.64. The summed E-state index contributed by atoms with van der Waals surface area (Å²) in [4.78, 5) is 27.8. The first-order valence-corrected chi connectivity index (χ1v) is 7.01. The molecule has 2 amide bonds. The van der Waals surface area contributed by atoms with Crippen LogP contribution in [0.25, 0.3) is 0 Å². The van der Waals surface area contributed by atoms with Gasteiger partial charge in [-0.25, -0.2) is 10.8 Å². The van der Waals surface area contributed by atoms with E-state index in [2.05, 4.69) is 21.0 Å². The smallest absolute Gasteiger partial charge is 0.251 e. The number of amides is 2. The number of carbonyl (C=O) groups is 2. The molecule has 0 atom stereocenters. The molecule has 0 saturated heterocycles. The standard InChI is InChI=1S/C14H23N5O2/c1-4-5-16-13(20)8-17-14(21)10-6-11(9(2)3)18-12(7-10)19-15/h6-7,9H,4-5,8,15H2,1-3H3,(H,16,20)(H,17,21)(H,18,19). The minimum atomic E-state index is -0.331. The molecule has 0 saturated carbocycles. The van der Waals surface area contributed by atoms with Crippen molar-refractivity contribution in [2.24, 2.45) is 5.84 Å². The Kier molecular flexibility index (Phi) is 6.61. The molecule has 5 N–H and O–H groups in total. The van der Waals surface area contributed by atoms with Gasteiger partial charge in [-0.3, -0.25) is 9.59 Å². The van der Waals surface area contributed by atoms with Gasteiger partial charge in [0.2, 0.25) is 5.91 Å². The number of nitrogen functional groups attached to an aromatic ring is 1. The van der Waals surface area contributed by atoms with Gasteiger partial charge in [0, 0.05) is 17.8 Å². The Balaban J connectivity index is 2.73. The average molecular weight is 293 g/mol.